The van der Waals surface area contributed by atoms with E-state index in [1.807, 2.05) is 0 Å². The molecule has 0 saturated carbocycles. The summed E-state index contributed by atoms with van der Waals surface area (Å²) in [7, 11) is 1.66. The Morgan fingerprint density at radius 1 is 1.17 bits per heavy atom. The van der Waals surface area contributed by atoms with Crippen molar-refractivity contribution in [3.63, 3.8) is 0 Å². The monoisotopic (exact) mass is 409 g/mol. The molecule has 8 heteroatoms. The maximum absolute atomic E-state index is 12.6. The maximum atomic E-state index is 12.6. The Morgan fingerprint density at radius 3 is 2.52 bits per heavy atom. The zero-order valence-corrected chi connectivity index (χ0v) is 16.3. The number of nitrogens with one attached hydrogen (secondary N) is 1. The highest BCUT2D eigenvalue weighted by Gasteiger charge is 2.20. The molecular weight excluding hydrogens is 394 g/mol. The molecule has 3 aromatic rings. The molecule has 0 spiro atoms. The van der Waals surface area contributed by atoms with Crippen molar-refractivity contribution in [2.45, 2.75) is 6.92 Å². The van der Waals surface area contributed by atoms with Crippen LogP contribution < -0.4 is 10.1 Å². The van der Waals surface area contributed by atoms with Crippen LogP contribution in [0.1, 0.15) is 32.0 Å². The average molecular weight is 410 g/mol. The van der Waals surface area contributed by atoms with Crippen LogP contribution in [-0.2, 0) is 7.05 Å². The van der Waals surface area contributed by atoms with Crippen LogP contribution in [-0.4, -0.2) is 21.6 Å². The first kappa shape index (κ1) is 20.0. The van der Waals surface area contributed by atoms with Crippen LogP contribution in [0.4, 0.5) is 5.69 Å². The van der Waals surface area contributed by atoms with E-state index in [1.165, 1.54) is 24.3 Å². The molecule has 0 aliphatic carbocycles. The summed E-state index contributed by atoms with van der Waals surface area (Å²) in [6.45, 7) is 1.72. The molecular formula is C21H16ClN3O4. The molecule has 1 aromatic heterocycles. The highest BCUT2D eigenvalue weighted by molar-refractivity contribution is 6.30. The number of hydrogen-bond donors (Lipinski definition) is 2. The van der Waals surface area contributed by atoms with Gasteiger partial charge >= 0.3 is 5.97 Å². The third-order valence-electron chi connectivity index (χ3n) is 4.39. The molecule has 1 amide bonds. The molecule has 0 radical (unpaired) electrons. The van der Waals surface area contributed by atoms with Crippen molar-refractivity contribution in [1.29, 1.82) is 5.26 Å². The average Bonchev–Trinajstić information content (AvgIpc) is 2.98. The Kier molecular flexibility index (Phi) is 5.57. The van der Waals surface area contributed by atoms with Gasteiger partial charge in [-0.05, 0) is 49.4 Å². The van der Waals surface area contributed by atoms with E-state index < -0.39 is 5.97 Å². The lowest BCUT2D eigenvalue weighted by Gasteiger charge is -2.07. The van der Waals surface area contributed by atoms with E-state index in [2.05, 4.69) is 5.32 Å². The fourth-order valence-electron chi connectivity index (χ4n) is 2.64. The van der Waals surface area contributed by atoms with E-state index in [-0.39, 0.29) is 28.7 Å². The Hall–Kier alpha value is -3.76. The van der Waals surface area contributed by atoms with Crippen molar-refractivity contribution in [2.75, 3.05) is 5.32 Å². The highest BCUT2D eigenvalue weighted by atomic mass is 35.5. The lowest BCUT2D eigenvalue weighted by atomic mass is 10.1. The first-order valence-corrected chi connectivity index (χ1v) is 8.86. The molecule has 0 fully saturated rings. The topological polar surface area (TPSA) is 104 Å². The first-order valence-electron chi connectivity index (χ1n) is 8.48. The number of hydrogen-bond acceptors (Lipinski definition) is 5. The molecule has 2 aromatic carbocycles. The SMILES string of the molecule is Cc1c(C(=O)Nc2ccc(Cl)cc2)cc(OC(=O)c2ccc(O)c(C#N)c2)n1C. The van der Waals surface area contributed by atoms with E-state index in [9.17, 15) is 14.7 Å². The van der Waals surface area contributed by atoms with Gasteiger partial charge in [0.1, 0.15) is 11.8 Å². The smallest absolute Gasteiger partial charge is 0.344 e. The molecule has 0 saturated heterocycles. The number of aromatic hydroxyl groups is 1. The summed E-state index contributed by atoms with van der Waals surface area (Å²) in [6.07, 6.45) is 0. The largest absolute Gasteiger partial charge is 0.507 e. The highest BCUT2D eigenvalue weighted by Crippen LogP contribution is 2.24. The van der Waals surface area contributed by atoms with Gasteiger partial charge < -0.3 is 19.7 Å². The molecule has 1 heterocycles. The predicted octanol–water partition coefficient (Wildman–Crippen LogP) is 4.04. The Labute approximate surface area is 171 Å². The quantitative estimate of drug-likeness (QED) is 0.633. The number of rotatable bonds is 4. The zero-order chi connectivity index (χ0) is 21.1. The van der Waals surface area contributed by atoms with Gasteiger partial charge in [0.15, 0.2) is 0 Å². The van der Waals surface area contributed by atoms with Gasteiger partial charge in [0.2, 0.25) is 5.88 Å². The van der Waals surface area contributed by atoms with E-state index in [4.69, 9.17) is 21.6 Å². The lowest BCUT2D eigenvalue weighted by Crippen LogP contribution is -2.12. The van der Waals surface area contributed by atoms with E-state index in [0.717, 1.165) is 0 Å². The normalized spacial score (nSPS) is 10.3. The summed E-state index contributed by atoms with van der Waals surface area (Å²) < 4.78 is 6.95. The molecule has 0 unspecified atom stereocenters. The second kappa shape index (κ2) is 8.09. The summed E-state index contributed by atoms with van der Waals surface area (Å²) in [4.78, 5) is 25.0. The minimum absolute atomic E-state index is 0.0365. The van der Waals surface area contributed by atoms with Crippen LogP contribution in [0.25, 0.3) is 0 Å². The van der Waals surface area contributed by atoms with Crippen molar-refractivity contribution < 1.29 is 19.4 Å². The van der Waals surface area contributed by atoms with Crippen LogP contribution in [0.15, 0.2) is 48.5 Å². The second-order valence-corrected chi connectivity index (χ2v) is 6.67. The van der Waals surface area contributed by atoms with Crippen molar-refractivity contribution >= 4 is 29.2 Å². The summed E-state index contributed by atoms with van der Waals surface area (Å²) in [5, 5.41) is 21.8. The molecule has 0 aliphatic rings. The number of halogens is 1. The minimum atomic E-state index is -0.716. The first-order chi connectivity index (χ1) is 13.8. The number of ether oxygens (including phenoxy) is 1. The summed E-state index contributed by atoms with van der Waals surface area (Å²) in [6, 6.07) is 13.8. The molecule has 3 rings (SSSR count). The van der Waals surface area contributed by atoms with Gasteiger partial charge in [-0.2, -0.15) is 5.26 Å². The fourth-order valence-corrected chi connectivity index (χ4v) is 2.76. The van der Waals surface area contributed by atoms with Gasteiger partial charge in [-0.15, -0.1) is 0 Å². The third kappa shape index (κ3) is 4.23. The molecule has 29 heavy (non-hydrogen) atoms. The van der Waals surface area contributed by atoms with E-state index in [0.29, 0.717) is 22.0 Å². The van der Waals surface area contributed by atoms with Crippen LogP contribution in [0.5, 0.6) is 11.6 Å². The Bertz CT molecular complexity index is 1140. The van der Waals surface area contributed by atoms with Gasteiger partial charge in [-0.3, -0.25) is 4.79 Å². The predicted molar refractivity (Wildman–Crippen MR) is 107 cm³/mol. The number of nitrogens with zero attached hydrogens (tertiary/aromatic N) is 2. The maximum Gasteiger partial charge on any atom is 0.344 e. The molecule has 146 valence electrons. The standard InChI is InChI=1S/C21H16ClN3O4/c1-12-17(20(27)24-16-6-4-15(22)5-7-16)10-19(25(12)2)29-21(28)13-3-8-18(26)14(9-13)11-23/h3-10,26H,1-2H3,(H,24,27). The lowest BCUT2D eigenvalue weighted by molar-refractivity contribution is 0.0721. The Morgan fingerprint density at radius 2 is 1.86 bits per heavy atom. The third-order valence-corrected chi connectivity index (χ3v) is 4.64. The van der Waals surface area contributed by atoms with Gasteiger partial charge in [0.05, 0.1) is 16.7 Å². The van der Waals surface area contributed by atoms with Crippen LogP contribution in [0.2, 0.25) is 5.02 Å². The summed E-state index contributed by atoms with van der Waals surface area (Å²) in [5.74, 6) is -1.13. The van der Waals surface area contributed by atoms with Gasteiger partial charge in [0.25, 0.3) is 5.91 Å². The van der Waals surface area contributed by atoms with Gasteiger partial charge in [-0.25, -0.2) is 4.79 Å². The number of anilines is 1. The van der Waals surface area contributed by atoms with Crippen molar-refractivity contribution in [2.24, 2.45) is 7.05 Å². The minimum Gasteiger partial charge on any atom is -0.507 e. The Balaban J connectivity index is 1.81. The molecule has 0 aliphatic heterocycles. The number of aromatic nitrogens is 1. The zero-order valence-electron chi connectivity index (χ0n) is 15.6. The fraction of sp³-hybridized carbons (Fsp3) is 0.0952. The number of nitriles is 1. The number of carbonyl (C=O) groups excluding carboxylic acids is 2. The second-order valence-electron chi connectivity index (χ2n) is 6.23. The van der Waals surface area contributed by atoms with E-state index in [1.54, 1.807) is 48.9 Å². The molecule has 0 atom stereocenters. The van der Waals surface area contributed by atoms with Gasteiger partial charge in [-0.1, -0.05) is 11.6 Å². The number of carbonyl (C=O) groups is 2. The van der Waals surface area contributed by atoms with Crippen molar-refractivity contribution in [3.05, 3.63) is 75.9 Å². The molecule has 7 nitrogen and oxygen atoms in total. The van der Waals surface area contributed by atoms with Crippen molar-refractivity contribution in [3.8, 4) is 17.7 Å². The van der Waals surface area contributed by atoms with E-state index >= 15 is 0 Å². The number of amides is 1. The van der Waals surface area contributed by atoms with Crippen molar-refractivity contribution in [1.82, 2.24) is 4.57 Å². The van der Waals surface area contributed by atoms with Crippen LogP contribution >= 0.6 is 11.6 Å². The number of benzene rings is 2. The number of phenolic OH excluding ortho intramolecular Hbond substituents is 1. The van der Waals surface area contributed by atoms with Crippen LogP contribution in [0.3, 0.4) is 0 Å². The van der Waals surface area contributed by atoms with Gasteiger partial charge in [0, 0.05) is 29.5 Å². The van der Waals surface area contributed by atoms with Crippen LogP contribution in [0, 0.1) is 18.3 Å². The number of esters is 1. The summed E-state index contributed by atoms with van der Waals surface area (Å²) >= 11 is 5.85. The number of phenols is 1. The molecule has 2 N–H and O–H groups in total. The summed E-state index contributed by atoms with van der Waals surface area (Å²) in [5.41, 5.74) is 1.58. The molecule has 0 bridgehead atoms.